The van der Waals surface area contributed by atoms with Gasteiger partial charge in [-0.1, -0.05) is 13.8 Å². The maximum absolute atomic E-state index is 5.84. The van der Waals surface area contributed by atoms with Gasteiger partial charge in [0.25, 0.3) is 0 Å². The van der Waals surface area contributed by atoms with Gasteiger partial charge in [0.2, 0.25) is 0 Å². The van der Waals surface area contributed by atoms with Crippen LogP contribution in [0, 0.1) is 11.8 Å². The number of anilines is 1. The number of nitrogens with zero attached hydrogens (tertiary/aromatic N) is 1. The molecule has 0 fully saturated rings. The maximum Gasteiger partial charge on any atom is 0.163 e. The Labute approximate surface area is 115 Å². The highest BCUT2D eigenvalue weighted by Crippen LogP contribution is 2.33. The van der Waals surface area contributed by atoms with Gasteiger partial charge in [-0.2, -0.15) is 0 Å². The van der Waals surface area contributed by atoms with Crippen molar-refractivity contribution in [3.63, 3.8) is 0 Å². The van der Waals surface area contributed by atoms with E-state index in [0.717, 1.165) is 23.7 Å². The second kappa shape index (κ2) is 6.15. The molecule has 19 heavy (non-hydrogen) atoms. The molecule has 0 saturated carbocycles. The molecule has 4 nitrogen and oxygen atoms in total. The summed E-state index contributed by atoms with van der Waals surface area (Å²) in [4.78, 5) is 2.23. The number of benzene rings is 1. The number of hydrogen-bond acceptors (Lipinski definition) is 4. The first kappa shape index (κ1) is 14.0. The summed E-state index contributed by atoms with van der Waals surface area (Å²) in [7, 11) is 2.09. The van der Waals surface area contributed by atoms with E-state index in [2.05, 4.69) is 31.9 Å². The van der Waals surface area contributed by atoms with Crippen LogP contribution in [0.4, 0.5) is 5.69 Å². The molecule has 1 aliphatic rings. The molecule has 0 radical (unpaired) electrons. The zero-order valence-electron chi connectivity index (χ0n) is 12.1. The lowest BCUT2D eigenvalue weighted by atomic mass is 9.95. The van der Waals surface area contributed by atoms with Gasteiger partial charge in [0.05, 0.1) is 0 Å². The average molecular weight is 264 g/mol. The summed E-state index contributed by atoms with van der Waals surface area (Å²) in [6, 6.07) is 6.09. The van der Waals surface area contributed by atoms with E-state index in [4.69, 9.17) is 15.2 Å². The van der Waals surface area contributed by atoms with Crippen molar-refractivity contribution in [3.05, 3.63) is 18.2 Å². The summed E-state index contributed by atoms with van der Waals surface area (Å²) < 4.78 is 11.2. The van der Waals surface area contributed by atoms with Crippen LogP contribution >= 0.6 is 0 Å². The van der Waals surface area contributed by atoms with E-state index in [0.29, 0.717) is 31.6 Å². The molecule has 0 aliphatic carbocycles. The van der Waals surface area contributed by atoms with Gasteiger partial charge in [0.1, 0.15) is 13.2 Å². The van der Waals surface area contributed by atoms with Crippen molar-refractivity contribution in [2.75, 3.05) is 38.3 Å². The average Bonchev–Trinajstić information content (AvgIpc) is 2.43. The summed E-state index contributed by atoms with van der Waals surface area (Å²) >= 11 is 0. The van der Waals surface area contributed by atoms with E-state index in [-0.39, 0.29) is 0 Å². The summed E-state index contributed by atoms with van der Waals surface area (Å²) in [5, 5.41) is 0. The molecule has 0 saturated heterocycles. The standard InChI is InChI=1S/C15H24N2O2/c1-11(2)12(9-16)10-17(3)13-4-5-14-15(8-13)19-7-6-18-14/h4-5,8,11-12H,6-7,9-10,16H2,1-3H3. The number of fused-ring (bicyclic) bond motifs is 1. The lowest BCUT2D eigenvalue weighted by Crippen LogP contribution is -2.33. The smallest absolute Gasteiger partial charge is 0.163 e. The molecule has 4 heteroatoms. The Kier molecular flexibility index (Phi) is 4.53. The number of ether oxygens (including phenoxy) is 2. The summed E-state index contributed by atoms with van der Waals surface area (Å²) in [5.41, 5.74) is 6.98. The zero-order valence-corrected chi connectivity index (χ0v) is 12.1. The van der Waals surface area contributed by atoms with Crippen molar-refractivity contribution in [2.24, 2.45) is 17.6 Å². The first-order valence-electron chi connectivity index (χ1n) is 6.92. The van der Waals surface area contributed by atoms with Gasteiger partial charge in [-0.05, 0) is 30.5 Å². The Bertz CT molecular complexity index is 421. The van der Waals surface area contributed by atoms with E-state index in [9.17, 15) is 0 Å². The van der Waals surface area contributed by atoms with E-state index in [1.54, 1.807) is 0 Å². The van der Waals surface area contributed by atoms with Gasteiger partial charge in [0, 0.05) is 25.3 Å². The fraction of sp³-hybridized carbons (Fsp3) is 0.600. The fourth-order valence-electron chi connectivity index (χ4n) is 2.28. The van der Waals surface area contributed by atoms with Crippen LogP contribution in [0.1, 0.15) is 13.8 Å². The second-order valence-electron chi connectivity index (χ2n) is 5.45. The minimum absolute atomic E-state index is 0.498. The number of hydrogen-bond donors (Lipinski definition) is 1. The number of nitrogens with two attached hydrogens (primary N) is 1. The Morgan fingerprint density at radius 1 is 1.21 bits per heavy atom. The van der Waals surface area contributed by atoms with Crippen LogP contribution < -0.4 is 20.1 Å². The van der Waals surface area contributed by atoms with E-state index < -0.39 is 0 Å². The predicted octanol–water partition coefficient (Wildman–Crippen LogP) is 2.12. The molecule has 0 spiro atoms. The van der Waals surface area contributed by atoms with Gasteiger partial charge in [-0.3, -0.25) is 0 Å². The highest BCUT2D eigenvalue weighted by Gasteiger charge is 2.17. The normalized spacial score (nSPS) is 15.4. The van der Waals surface area contributed by atoms with Crippen LogP contribution in [-0.2, 0) is 0 Å². The van der Waals surface area contributed by atoms with Crippen molar-refractivity contribution in [1.82, 2.24) is 0 Å². The molecule has 0 bridgehead atoms. The van der Waals surface area contributed by atoms with Crippen LogP contribution in [0.5, 0.6) is 11.5 Å². The van der Waals surface area contributed by atoms with Crippen LogP contribution in [0.2, 0.25) is 0 Å². The Balaban J connectivity index is 2.08. The third kappa shape index (κ3) is 3.32. The lowest BCUT2D eigenvalue weighted by Gasteiger charge is -2.28. The van der Waals surface area contributed by atoms with E-state index in [1.165, 1.54) is 0 Å². The monoisotopic (exact) mass is 264 g/mol. The van der Waals surface area contributed by atoms with Crippen LogP contribution in [-0.4, -0.2) is 33.4 Å². The molecule has 1 atom stereocenters. The number of rotatable bonds is 5. The van der Waals surface area contributed by atoms with E-state index >= 15 is 0 Å². The third-order valence-corrected chi connectivity index (χ3v) is 3.72. The summed E-state index contributed by atoms with van der Waals surface area (Å²) in [6.45, 7) is 7.35. The summed E-state index contributed by atoms with van der Waals surface area (Å²) in [5.74, 6) is 2.76. The van der Waals surface area contributed by atoms with Crippen LogP contribution in [0.3, 0.4) is 0 Å². The van der Waals surface area contributed by atoms with Gasteiger partial charge >= 0.3 is 0 Å². The molecular weight excluding hydrogens is 240 g/mol. The molecule has 0 aromatic heterocycles. The van der Waals surface area contributed by atoms with Gasteiger partial charge in [0.15, 0.2) is 11.5 Å². The molecule has 106 valence electrons. The minimum Gasteiger partial charge on any atom is -0.486 e. The highest BCUT2D eigenvalue weighted by molar-refractivity contribution is 5.56. The topological polar surface area (TPSA) is 47.7 Å². The first-order valence-corrected chi connectivity index (χ1v) is 6.92. The molecule has 0 amide bonds. The molecule has 2 N–H and O–H groups in total. The Morgan fingerprint density at radius 3 is 2.53 bits per heavy atom. The van der Waals surface area contributed by atoms with Crippen LogP contribution in [0.25, 0.3) is 0 Å². The van der Waals surface area contributed by atoms with Gasteiger partial charge in [-0.15, -0.1) is 0 Å². The lowest BCUT2D eigenvalue weighted by molar-refractivity contribution is 0.171. The minimum atomic E-state index is 0.498. The van der Waals surface area contributed by atoms with Crippen molar-refractivity contribution < 1.29 is 9.47 Å². The van der Waals surface area contributed by atoms with Crippen LogP contribution in [0.15, 0.2) is 18.2 Å². The highest BCUT2D eigenvalue weighted by atomic mass is 16.6. The zero-order chi connectivity index (χ0) is 13.8. The van der Waals surface area contributed by atoms with Gasteiger partial charge < -0.3 is 20.1 Å². The van der Waals surface area contributed by atoms with Crippen molar-refractivity contribution in [3.8, 4) is 11.5 Å². The molecule has 1 aliphatic heterocycles. The predicted molar refractivity (Wildman–Crippen MR) is 78.1 cm³/mol. The molecule has 1 heterocycles. The van der Waals surface area contributed by atoms with Gasteiger partial charge in [-0.25, -0.2) is 0 Å². The van der Waals surface area contributed by atoms with Crippen molar-refractivity contribution in [2.45, 2.75) is 13.8 Å². The molecule has 1 unspecified atom stereocenters. The van der Waals surface area contributed by atoms with Crippen molar-refractivity contribution in [1.29, 1.82) is 0 Å². The maximum atomic E-state index is 5.84. The fourth-order valence-corrected chi connectivity index (χ4v) is 2.28. The SMILES string of the molecule is CC(C)C(CN)CN(C)c1ccc2c(c1)OCCO2. The van der Waals surface area contributed by atoms with E-state index in [1.807, 2.05) is 12.1 Å². The third-order valence-electron chi connectivity index (χ3n) is 3.72. The first-order chi connectivity index (χ1) is 9.11. The molecule has 1 aromatic rings. The quantitative estimate of drug-likeness (QED) is 0.885. The largest absolute Gasteiger partial charge is 0.486 e. The van der Waals surface area contributed by atoms with Crippen molar-refractivity contribution >= 4 is 5.69 Å². The molecule has 1 aromatic carbocycles. The Morgan fingerprint density at radius 2 is 1.89 bits per heavy atom. The molecule has 2 rings (SSSR count). The summed E-state index contributed by atoms with van der Waals surface area (Å²) in [6.07, 6.45) is 0. The second-order valence-corrected chi connectivity index (χ2v) is 5.45. The molecular formula is C15H24N2O2. The Hall–Kier alpha value is -1.42.